The number of fused-ring (bicyclic) bond motifs is 1. The maximum Gasteiger partial charge on any atom is 0.319 e. The predicted octanol–water partition coefficient (Wildman–Crippen LogP) is 3.47. The van der Waals surface area contributed by atoms with Crippen LogP contribution in [0, 0.1) is 6.92 Å². The molecule has 1 heterocycles. The number of ether oxygens (including phenoxy) is 1. The fourth-order valence-corrected chi connectivity index (χ4v) is 2.24. The largest absolute Gasteiger partial charge is 0.497 e. The number of anilines is 1. The standard InChI is InChI=1S/C17H17N3O3/c1-11-3-8-16-14(9-11)15(20-23-16)10-18-17(21)19-12-4-6-13(22-2)7-5-12/h3-9H,10H2,1-2H3,(H2,18,19,21). The van der Waals surface area contributed by atoms with E-state index in [0.717, 1.165) is 16.7 Å². The van der Waals surface area contributed by atoms with Crippen molar-refractivity contribution < 1.29 is 14.1 Å². The monoisotopic (exact) mass is 311 g/mol. The summed E-state index contributed by atoms with van der Waals surface area (Å²) in [7, 11) is 1.60. The van der Waals surface area contributed by atoms with Gasteiger partial charge >= 0.3 is 6.03 Å². The first-order valence-electron chi connectivity index (χ1n) is 7.19. The smallest absolute Gasteiger partial charge is 0.319 e. The molecule has 3 rings (SSSR count). The molecular formula is C17H17N3O3. The summed E-state index contributed by atoms with van der Waals surface area (Å²) in [6.07, 6.45) is 0. The molecule has 1 aromatic heterocycles. The number of aryl methyl sites for hydroxylation is 1. The van der Waals surface area contributed by atoms with E-state index < -0.39 is 0 Å². The van der Waals surface area contributed by atoms with Crippen molar-refractivity contribution in [2.75, 3.05) is 12.4 Å². The van der Waals surface area contributed by atoms with Crippen molar-refractivity contribution in [2.24, 2.45) is 0 Å². The van der Waals surface area contributed by atoms with E-state index >= 15 is 0 Å². The molecule has 2 amide bonds. The zero-order chi connectivity index (χ0) is 16.2. The van der Waals surface area contributed by atoms with Gasteiger partial charge in [-0.2, -0.15) is 0 Å². The second kappa shape index (κ2) is 6.39. The van der Waals surface area contributed by atoms with Gasteiger partial charge in [0.2, 0.25) is 0 Å². The molecule has 0 aliphatic rings. The molecular weight excluding hydrogens is 294 g/mol. The first-order chi connectivity index (χ1) is 11.2. The topological polar surface area (TPSA) is 76.4 Å². The maximum absolute atomic E-state index is 12.0. The summed E-state index contributed by atoms with van der Waals surface area (Å²) in [4.78, 5) is 12.0. The molecule has 0 spiro atoms. The number of rotatable bonds is 4. The lowest BCUT2D eigenvalue weighted by atomic mass is 10.1. The highest BCUT2D eigenvalue weighted by Crippen LogP contribution is 2.20. The van der Waals surface area contributed by atoms with E-state index in [1.54, 1.807) is 31.4 Å². The summed E-state index contributed by atoms with van der Waals surface area (Å²) < 4.78 is 10.3. The third kappa shape index (κ3) is 3.42. The summed E-state index contributed by atoms with van der Waals surface area (Å²) >= 11 is 0. The molecule has 3 aromatic rings. The summed E-state index contributed by atoms with van der Waals surface area (Å²) in [6, 6.07) is 12.6. The second-order valence-electron chi connectivity index (χ2n) is 5.17. The normalized spacial score (nSPS) is 10.5. The molecule has 6 nitrogen and oxygen atoms in total. The lowest BCUT2D eigenvalue weighted by molar-refractivity contribution is 0.251. The van der Waals surface area contributed by atoms with Crippen LogP contribution in [0.5, 0.6) is 5.75 Å². The molecule has 2 aromatic carbocycles. The summed E-state index contributed by atoms with van der Waals surface area (Å²) in [5.41, 5.74) is 3.21. The quantitative estimate of drug-likeness (QED) is 0.773. The SMILES string of the molecule is COc1ccc(NC(=O)NCc2noc3ccc(C)cc23)cc1. The van der Waals surface area contributed by atoms with Crippen molar-refractivity contribution in [2.45, 2.75) is 13.5 Å². The molecule has 2 N–H and O–H groups in total. The Hall–Kier alpha value is -3.02. The van der Waals surface area contributed by atoms with E-state index in [2.05, 4.69) is 15.8 Å². The van der Waals surface area contributed by atoms with E-state index in [9.17, 15) is 4.79 Å². The number of amides is 2. The molecule has 0 aliphatic carbocycles. The van der Waals surface area contributed by atoms with Crippen molar-refractivity contribution in [1.29, 1.82) is 0 Å². The number of urea groups is 1. The molecule has 0 fully saturated rings. The molecule has 23 heavy (non-hydrogen) atoms. The van der Waals surface area contributed by atoms with E-state index in [-0.39, 0.29) is 6.03 Å². The lowest BCUT2D eigenvalue weighted by Gasteiger charge is -2.07. The summed E-state index contributed by atoms with van der Waals surface area (Å²) in [6.45, 7) is 2.29. The van der Waals surface area contributed by atoms with E-state index in [1.807, 2.05) is 25.1 Å². The maximum atomic E-state index is 12.0. The Morgan fingerprint density at radius 2 is 2.00 bits per heavy atom. The van der Waals surface area contributed by atoms with Gasteiger partial charge in [-0.25, -0.2) is 4.79 Å². The molecule has 0 aliphatic heterocycles. The molecule has 0 unspecified atom stereocenters. The first-order valence-corrected chi connectivity index (χ1v) is 7.19. The Morgan fingerprint density at radius 3 is 2.74 bits per heavy atom. The van der Waals surface area contributed by atoms with Gasteiger partial charge in [0.15, 0.2) is 5.58 Å². The van der Waals surface area contributed by atoms with Crippen LogP contribution in [-0.2, 0) is 6.54 Å². The van der Waals surface area contributed by atoms with Gasteiger partial charge in [-0.05, 0) is 43.3 Å². The van der Waals surface area contributed by atoms with Crippen LogP contribution in [0.25, 0.3) is 11.0 Å². The van der Waals surface area contributed by atoms with Crippen molar-refractivity contribution >= 4 is 22.7 Å². The summed E-state index contributed by atoms with van der Waals surface area (Å²) in [5, 5.41) is 10.4. The molecule has 0 radical (unpaired) electrons. The van der Waals surface area contributed by atoms with E-state index in [0.29, 0.717) is 23.5 Å². The second-order valence-corrected chi connectivity index (χ2v) is 5.17. The van der Waals surface area contributed by atoms with Crippen LogP contribution in [0.4, 0.5) is 10.5 Å². The van der Waals surface area contributed by atoms with Crippen LogP contribution in [0.3, 0.4) is 0 Å². The number of carbonyl (C=O) groups excluding carboxylic acids is 1. The average molecular weight is 311 g/mol. The minimum absolute atomic E-state index is 0.290. The van der Waals surface area contributed by atoms with E-state index in [4.69, 9.17) is 9.26 Å². The Kier molecular flexibility index (Phi) is 4.14. The fourth-order valence-electron chi connectivity index (χ4n) is 2.24. The van der Waals surface area contributed by atoms with Gasteiger partial charge in [-0.1, -0.05) is 16.8 Å². The van der Waals surface area contributed by atoms with Crippen LogP contribution >= 0.6 is 0 Å². The van der Waals surface area contributed by atoms with E-state index in [1.165, 1.54) is 0 Å². The van der Waals surface area contributed by atoms with Crippen molar-refractivity contribution in [3.05, 3.63) is 53.7 Å². The zero-order valence-electron chi connectivity index (χ0n) is 12.9. The van der Waals surface area contributed by atoms with Crippen molar-refractivity contribution in [3.63, 3.8) is 0 Å². The Morgan fingerprint density at radius 1 is 1.22 bits per heavy atom. The predicted molar refractivity (Wildman–Crippen MR) is 87.6 cm³/mol. The van der Waals surface area contributed by atoms with Crippen LogP contribution in [0.1, 0.15) is 11.3 Å². The lowest BCUT2D eigenvalue weighted by Crippen LogP contribution is -2.28. The van der Waals surface area contributed by atoms with Crippen LogP contribution in [0.15, 0.2) is 47.0 Å². The Bertz CT molecular complexity index is 825. The van der Waals surface area contributed by atoms with Gasteiger partial charge in [0.25, 0.3) is 0 Å². The van der Waals surface area contributed by atoms with Gasteiger partial charge in [-0.15, -0.1) is 0 Å². The van der Waals surface area contributed by atoms with Gasteiger partial charge in [0.05, 0.1) is 13.7 Å². The number of carbonyl (C=O) groups is 1. The summed E-state index contributed by atoms with van der Waals surface area (Å²) in [5.74, 6) is 0.736. The number of nitrogens with one attached hydrogen (secondary N) is 2. The van der Waals surface area contributed by atoms with Crippen LogP contribution in [-0.4, -0.2) is 18.3 Å². The van der Waals surface area contributed by atoms with Gasteiger partial charge in [-0.3, -0.25) is 0 Å². The zero-order valence-corrected chi connectivity index (χ0v) is 12.9. The highest BCUT2D eigenvalue weighted by Gasteiger charge is 2.09. The van der Waals surface area contributed by atoms with Crippen LogP contribution < -0.4 is 15.4 Å². The molecule has 0 bridgehead atoms. The number of benzene rings is 2. The average Bonchev–Trinajstić information content (AvgIpc) is 2.96. The van der Waals surface area contributed by atoms with Gasteiger partial charge in [0.1, 0.15) is 11.4 Å². The Labute approximate surface area is 133 Å². The number of methoxy groups -OCH3 is 1. The molecule has 118 valence electrons. The third-order valence-corrected chi connectivity index (χ3v) is 3.46. The first kappa shape index (κ1) is 14.9. The number of aromatic nitrogens is 1. The minimum atomic E-state index is -0.307. The number of nitrogens with zero attached hydrogens (tertiary/aromatic N) is 1. The number of hydrogen-bond donors (Lipinski definition) is 2. The highest BCUT2D eigenvalue weighted by molar-refractivity contribution is 5.89. The van der Waals surface area contributed by atoms with Crippen molar-refractivity contribution in [1.82, 2.24) is 10.5 Å². The van der Waals surface area contributed by atoms with Gasteiger partial charge in [0, 0.05) is 11.1 Å². The molecule has 6 heteroatoms. The molecule has 0 saturated carbocycles. The molecule has 0 atom stereocenters. The van der Waals surface area contributed by atoms with Gasteiger partial charge < -0.3 is 19.9 Å². The van der Waals surface area contributed by atoms with Crippen LogP contribution in [0.2, 0.25) is 0 Å². The molecule has 0 saturated heterocycles. The Balaban J connectivity index is 1.62. The minimum Gasteiger partial charge on any atom is -0.497 e. The fraction of sp³-hybridized carbons (Fsp3) is 0.176. The highest BCUT2D eigenvalue weighted by atomic mass is 16.5. The number of hydrogen-bond acceptors (Lipinski definition) is 4. The van der Waals surface area contributed by atoms with Crippen molar-refractivity contribution in [3.8, 4) is 5.75 Å². The third-order valence-electron chi connectivity index (χ3n) is 3.46.